The Hall–Kier alpha value is -2.59. The van der Waals surface area contributed by atoms with Gasteiger partial charge < -0.3 is 19.4 Å². The Labute approximate surface area is 157 Å². The predicted molar refractivity (Wildman–Crippen MR) is 92.4 cm³/mol. The SMILES string of the molecule is C[C@@H](O)c1nnc(C[C@H]2C[C@H](NC(=O)c3cc(-c4ccc(F)s4)no3)C2)o1. The van der Waals surface area contributed by atoms with Crippen molar-refractivity contribution in [2.24, 2.45) is 5.92 Å². The lowest BCUT2D eigenvalue weighted by Gasteiger charge is -2.34. The summed E-state index contributed by atoms with van der Waals surface area (Å²) in [7, 11) is 0. The van der Waals surface area contributed by atoms with Crippen molar-refractivity contribution in [3.05, 3.63) is 40.9 Å². The average Bonchev–Trinajstić information content (AvgIpc) is 3.32. The highest BCUT2D eigenvalue weighted by Gasteiger charge is 2.32. The summed E-state index contributed by atoms with van der Waals surface area (Å²) < 4.78 is 23.5. The number of aromatic nitrogens is 3. The first-order chi connectivity index (χ1) is 13.0. The van der Waals surface area contributed by atoms with Gasteiger partial charge in [-0.25, -0.2) is 0 Å². The van der Waals surface area contributed by atoms with E-state index < -0.39 is 6.10 Å². The Morgan fingerprint density at radius 2 is 2.26 bits per heavy atom. The molecule has 1 saturated carbocycles. The summed E-state index contributed by atoms with van der Waals surface area (Å²) in [5, 5.41) is 23.5. The van der Waals surface area contributed by atoms with Crippen LogP contribution in [0.2, 0.25) is 0 Å². The topological polar surface area (TPSA) is 114 Å². The zero-order chi connectivity index (χ0) is 19.0. The number of rotatable bonds is 6. The third-order valence-corrected chi connectivity index (χ3v) is 5.33. The van der Waals surface area contributed by atoms with Gasteiger partial charge in [-0.3, -0.25) is 4.79 Å². The molecule has 0 bridgehead atoms. The first-order valence-electron chi connectivity index (χ1n) is 8.51. The molecular weight excluding hydrogens is 375 g/mol. The van der Waals surface area contributed by atoms with Gasteiger partial charge in [-0.1, -0.05) is 5.16 Å². The van der Waals surface area contributed by atoms with Crippen LogP contribution in [-0.2, 0) is 6.42 Å². The van der Waals surface area contributed by atoms with Crippen LogP contribution in [-0.4, -0.2) is 32.4 Å². The molecule has 1 fully saturated rings. The lowest BCUT2D eigenvalue weighted by Crippen LogP contribution is -2.44. The minimum Gasteiger partial charge on any atom is -0.422 e. The van der Waals surface area contributed by atoms with Crippen LogP contribution in [0.3, 0.4) is 0 Å². The van der Waals surface area contributed by atoms with Gasteiger partial charge in [0, 0.05) is 18.5 Å². The first kappa shape index (κ1) is 17.8. The molecule has 8 nitrogen and oxygen atoms in total. The fourth-order valence-electron chi connectivity index (χ4n) is 2.99. The molecule has 1 amide bonds. The van der Waals surface area contributed by atoms with Crippen molar-refractivity contribution in [2.45, 2.75) is 38.3 Å². The molecule has 4 rings (SSSR count). The van der Waals surface area contributed by atoms with E-state index in [0.717, 1.165) is 24.2 Å². The van der Waals surface area contributed by atoms with E-state index in [4.69, 9.17) is 8.94 Å². The number of thiophene rings is 1. The molecule has 0 aromatic carbocycles. The summed E-state index contributed by atoms with van der Waals surface area (Å²) in [5.41, 5.74) is 0.436. The molecule has 3 heterocycles. The van der Waals surface area contributed by atoms with E-state index in [9.17, 15) is 14.3 Å². The largest absolute Gasteiger partial charge is 0.422 e. The molecule has 0 unspecified atom stereocenters. The van der Waals surface area contributed by atoms with Gasteiger partial charge in [-0.2, -0.15) is 4.39 Å². The molecule has 1 aliphatic rings. The Kier molecular flexibility index (Phi) is 4.75. The quantitative estimate of drug-likeness (QED) is 0.663. The number of carbonyl (C=O) groups is 1. The summed E-state index contributed by atoms with van der Waals surface area (Å²) in [4.78, 5) is 12.9. The lowest BCUT2D eigenvalue weighted by atomic mass is 9.78. The van der Waals surface area contributed by atoms with Crippen molar-refractivity contribution in [3.63, 3.8) is 0 Å². The molecule has 0 radical (unpaired) electrons. The Morgan fingerprint density at radius 1 is 1.44 bits per heavy atom. The molecule has 0 spiro atoms. The van der Waals surface area contributed by atoms with Crippen molar-refractivity contribution < 1.29 is 23.2 Å². The monoisotopic (exact) mass is 392 g/mol. The maximum absolute atomic E-state index is 13.1. The maximum Gasteiger partial charge on any atom is 0.290 e. The van der Waals surface area contributed by atoms with Gasteiger partial charge in [0.2, 0.25) is 17.5 Å². The summed E-state index contributed by atoms with van der Waals surface area (Å²) in [6, 6.07) is 4.48. The Morgan fingerprint density at radius 3 is 2.93 bits per heavy atom. The molecule has 3 aromatic rings. The van der Waals surface area contributed by atoms with Crippen LogP contribution >= 0.6 is 11.3 Å². The zero-order valence-corrected chi connectivity index (χ0v) is 15.2. The van der Waals surface area contributed by atoms with E-state index >= 15 is 0 Å². The zero-order valence-electron chi connectivity index (χ0n) is 14.4. The van der Waals surface area contributed by atoms with Gasteiger partial charge in [-0.15, -0.1) is 21.5 Å². The number of hydrogen-bond donors (Lipinski definition) is 2. The lowest BCUT2D eigenvalue weighted by molar-refractivity contribution is 0.0848. The first-order valence-corrected chi connectivity index (χ1v) is 9.33. The summed E-state index contributed by atoms with van der Waals surface area (Å²) >= 11 is 0.944. The van der Waals surface area contributed by atoms with Gasteiger partial charge in [-0.05, 0) is 37.8 Å². The van der Waals surface area contributed by atoms with E-state index in [1.165, 1.54) is 12.1 Å². The molecular formula is C17H17FN4O4S. The summed E-state index contributed by atoms with van der Waals surface area (Å²) in [5.74, 6) is 0.783. The third-order valence-electron chi connectivity index (χ3n) is 4.43. The van der Waals surface area contributed by atoms with Crippen LogP contribution in [0.4, 0.5) is 4.39 Å². The van der Waals surface area contributed by atoms with Crippen molar-refractivity contribution in [3.8, 4) is 10.6 Å². The average molecular weight is 392 g/mol. The van der Waals surface area contributed by atoms with E-state index in [-0.39, 0.29) is 28.7 Å². The van der Waals surface area contributed by atoms with E-state index in [2.05, 4.69) is 20.7 Å². The molecule has 0 saturated heterocycles. The molecule has 0 aliphatic heterocycles. The minimum atomic E-state index is -0.780. The van der Waals surface area contributed by atoms with Gasteiger partial charge in [0.05, 0.1) is 4.88 Å². The number of aliphatic hydroxyl groups excluding tert-OH is 1. The number of aliphatic hydroxyl groups is 1. The van der Waals surface area contributed by atoms with Gasteiger partial charge in [0.1, 0.15) is 11.8 Å². The highest BCUT2D eigenvalue weighted by atomic mass is 32.1. The fourth-order valence-corrected chi connectivity index (χ4v) is 3.67. The highest BCUT2D eigenvalue weighted by Crippen LogP contribution is 2.31. The second-order valence-electron chi connectivity index (χ2n) is 6.60. The molecule has 142 valence electrons. The maximum atomic E-state index is 13.1. The molecule has 27 heavy (non-hydrogen) atoms. The van der Waals surface area contributed by atoms with Crippen molar-refractivity contribution >= 4 is 17.2 Å². The highest BCUT2D eigenvalue weighted by molar-refractivity contribution is 7.13. The molecule has 10 heteroatoms. The smallest absolute Gasteiger partial charge is 0.290 e. The number of hydrogen-bond acceptors (Lipinski definition) is 8. The number of carbonyl (C=O) groups excluding carboxylic acids is 1. The van der Waals surface area contributed by atoms with E-state index in [0.29, 0.717) is 28.8 Å². The molecule has 3 aromatic heterocycles. The fraction of sp³-hybridized carbons (Fsp3) is 0.412. The van der Waals surface area contributed by atoms with Crippen LogP contribution < -0.4 is 5.32 Å². The summed E-state index contributed by atoms with van der Waals surface area (Å²) in [6.07, 6.45) is 1.41. The third kappa shape index (κ3) is 3.91. The molecule has 2 N–H and O–H groups in total. The van der Waals surface area contributed by atoms with Gasteiger partial charge >= 0.3 is 0 Å². The van der Waals surface area contributed by atoms with Crippen LogP contribution in [0.5, 0.6) is 0 Å². The minimum absolute atomic E-state index is 0.0365. The standard InChI is InChI=1S/C17H17FN4O4S/c1-8(23)17-21-20-15(25-17)6-9-4-10(5-9)19-16(24)12-7-11(22-26-12)13-2-3-14(18)27-13/h2-3,7-10,23H,4-6H2,1H3,(H,19,24)/t8-,9-,10-/m1/s1. The van der Waals surface area contributed by atoms with Crippen molar-refractivity contribution in [1.29, 1.82) is 0 Å². The normalized spacial score (nSPS) is 20.3. The number of amides is 1. The van der Waals surface area contributed by atoms with Crippen molar-refractivity contribution in [2.75, 3.05) is 0 Å². The van der Waals surface area contributed by atoms with E-state index in [1.54, 1.807) is 13.0 Å². The second-order valence-corrected chi connectivity index (χ2v) is 7.64. The van der Waals surface area contributed by atoms with Gasteiger partial charge in [0.15, 0.2) is 5.13 Å². The van der Waals surface area contributed by atoms with Crippen molar-refractivity contribution in [1.82, 2.24) is 20.7 Å². The van der Waals surface area contributed by atoms with Crippen LogP contribution in [0.15, 0.2) is 27.1 Å². The van der Waals surface area contributed by atoms with Crippen LogP contribution in [0.1, 0.15) is 48.2 Å². The van der Waals surface area contributed by atoms with E-state index in [1.807, 2.05) is 0 Å². The van der Waals surface area contributed by atoms with Gasteiger partial charge in [0.25, 0.3) is 5.91 Å². The molecule has 1 aliphatic carbocycles. The number of nitrogens with zero attached hydrogens (tertiary/aromatic N) is 3. The van der Waals surface area contributed by atoms with Crippen LogP contribution in [0.25, 0.3) is 10.6 Å². The number of nitrogens with one attached hydrogen (secondary N) is 1. The molecule has 1 atom stereocenters. The number of halogens is 1. The predicted octanol–water partition coefficient (Wildman–Crippen LogP) is 2.73. The van der Waals surface area contributed by atoms with Crippen LogP contribution in [0, 0.1) is 11.0 Å². The Bertz CT molecular complexity index is 944. The Balaban J connectivity index is 1.27. The second kappa shape index (κ2) is 7.20. The summed E-state index contributed by atoms with van der Waals surface area (Å²) in [6.45, 7) is 1.57.